The molecule has 6 nitrogen and oxygen atoms in total. The maximum absolute atomic E-state index is 11.4. The van der Waals surface area contributed by atoms with Gasteiger partial charge >= 0.3 is 0 Å². The highest BCUT2D eigenvalue weighted by atomic mass is 16.1. The van der Waals surface area contributed by atoms with Crippen molar-refractivity contribution in [3.63, 3.8) is 0 Å². The number of likely N-dealkylation sites (tertiary alicyclic amines) is 1. The molecule has 1 fully saturated rings. The quantitative estimate of drug-likeness (QED) is 0.743. The SMILES string of the molecule is NC(=O)CN1CCC(CC(N)=O)(Cc2ccncc2)C1. The molecular formula is C14H20N4O2. The molecule has 2 amide bonds. The van der Waals surface area contributed by atoms with Gasteiger partial charge in [-0.3, -0.25) is 19.5 Å². The molecule has 1 aromatic rings. The van der Waals surface area contributed by atoms with E-state index in [1.54, 1.807) is 12.4 Å². The number of amides is 2. The fourth-order valence-electron chi connectivity index (χ4n) is 3.04. The number of hydrogen-bond donors (Lipinski definition) is 2. The molecule has 6 heteroatoms. The molecule has 1 atom stereocenters. The Kier molecular flexibility index (Phi) is 4.34. The van der Waals surface area contributed by atoms with E-state index in [0.717, 1.165) is 24.9 Å². The molecule has 0 aromatic carbocycles. The van der Waals surface area contributed by atoms with Crippen LogP contribution < -0.4 is 11.5 Å². The monoisotopic (exact) mass is 276 g/mol. The summed E-state index contributed by atoms with van der Waals surface area (Å²) in [4.78, 5) is 28.4. The molecule has 108 valence electrons. The molecule has 0 spiro atoms. The molecule has 1 unspecified atom stereocenters. The van der Waals surface area contributed by atoms with Gasteiger partial charge in [-0.15, -0.1) is 0 Å². The molecule has 0 radical (unpaired) electrons. The van der Waals surface area contributed by atoms with Crippen molar-refractivity contribution in [2.45, 2.75) is 19.3 Å². The lowest BCUT2D eigenvalue weighted by Gasteiger charge is -2.28. The average Bonchev–Trinajstić information content (AvgIpc) is 2.71. The van der Waals surface area contributed by atoms with E-state index < -0.39 is 0 Å². The third-order valence-electron chi connectivity index (χ3n) is 3.77. The lowest BCUT2D eigenvalue weighted by Crippen LogP contribution is -2.37. The molecule has 0 saturated carbocycles. The van der Waals surface area contributed by atoms with Crippen LogP contribution in [0.5, 0.6) is 0 Å². The first-order valence-corrected chi connectivity index (χ1v) is 6.67. The van der Waals surface area contributed by atoms with Crippen molar-refractivity contribution in [2.75, 3.05) is 19.6 Å². The van der Waals surface area contributed by atoms with Gasteiger partial charge in [0.15, 0.2) is 0 Å². The molecule has 20 heavy (non-hydrogen) atoms. The Morgan fingerprint density at radius 1 is 1.25 bits per heavy atom. The summed E-state index contributed by atoms with van der Waals surface area (Å²) in [7, 11) is 0. The van der Waals surface area contributed by atoms with Crippen LogP contribution in [0.15, 0.2) is 24.5 Å². The van der Waals surface area contributed by atoms with Crippen LogP contribution in [-0.4, -0.2) is 41.3 Å². The fraction of sp³-hybridized carbons (Fsp3) is 0.500. The van der Waals surface area contributed by atoms with Crippen molar-refractivity contribution in [3.05, 3.63) is 30.1 Å². The first kappa shape index (κ1) is 14.5. The van der Waals surface area contributed by atoms with Gasteiger partial charge in [0, 0.05) is 25.4 Å². The van der Waals surface area contributed by atoms with E-state index in [4.69, 9.17) is 11.5 Å². The summed E-state index contributed by atoms with van der Waals surface area (Å²) in [6, 6.07) is 3.89. The summed E-state index contributed by atoms with van der Waals surface area (Å²) in [5.41, 5.74) is 11.6. The number of aromatic nitrogens is 1. The largest absolute Gasteiger partial charge is 0.370 e. The van der Waals surface area contributed by atoms with Crippen molar-refractivity contribution in [2.24, 2.45) is 16.9 Å². The van der Waals surface area contributed by atoms with E-state index in [0.29, 0.717) is 13.0 Å². The molecular weight excluding hydrogens is 256 g/mol. The standard InChI is InChI=1S/C14H20N4O2/c15-12(19)8-14(7-11-1-4-17-5-2-11)3-6-18(10-14)9-13(16)20/h1-2,4-5H,3,6-10H2,(H2,15,19)(H2,16,20). The summed E-state index contributed by atoms with van der Waals surface area (Å²) >= 11 is 0. The highest BCUT2D eigenvalue weighted by molar-refractivity contribution is 5.76. The number of primary amides is 2. The van der Waals surface area contributed by atoms with Crippen molar-refractivity contribution >= 4 is 11.8 Å². The summed E-state index contributed by atoms with van der Waals surface area (Å²) in [5, 5.41) is 0. The van der Waals surface area contributed by atoms with Crippen molar-refractivity contribution in [1.29, 1.82) is 0 Å². The fourth-order valence-corrected chi connectivity index (χ4v) is 3.04. The van der Waals surface area contributed by atoms with Crippen LogP contribution in [0.25, 0.3) is 0 Å². The second-order valence-corrected chi connectivity index (χ2v) is 5.60. The Hall–Kier alpha value is -1.95. The Bertz CT molecular complexity index is 491. The van der Waals surface area contributed by atoms with Crippen LogP contribution in [0.4, 0.5) is 0 Å². The summed E-state index contributed by atoms with van der Waals surface area (Å²) in [5.74, 6) is -0.649. The number of carbonyl (C=O) groups is 2. The number of hydrogen-bond acceptors (Lipinski definition) is 4. The normalized spacial score (nSPS) is 22.8. The zero-order valence-corrected chi connectivity index (χ0v) is 11.4. The Labute approximate surface area is 118 Å². The van der Waals surface area contributed by atoms with Gasteiger partial charge in [-0.05, 0) is 42.5 Å². The summed E-state index contributed by atoms with van der Waals surface area (Å²) < 4.78 is 0. The van der Waals surface area contributed by atoms with E-state index in [2.05, 4.69) is 4.98 Å². The Morgan fingerprint density at radius 3 is 2.55 bits per heavy atom. The minimum Gasteiger partial charge on any atom is -0.370 e. The lowest BCUT2D eigenvalue weighted by molar-refractivity contribution is -0.120. The van der Waals surface area contributed by atoms with Gasteiger partial charge in [0.1, 0.15) is 0 Å². The zero-order valence-electron chi connectivity index (χ0n) is 11.4. The van der Waals surface area contributed by atoms with Gasteiger partial charge in [0.2, 0.25) is 11.8 Å². The van der Waals surface area contributed by atoms with E-state index in [1.165, 1.54) is 0 Å². The van der Waals surface area contributed by atoms with Crippen LogP contribution >= 0.6 is 0 Å². The molecule has 4 N–H and O–H groups in total. The highest BCUT2D eigenvalue weighted by Crippen LogP contribution is 2.37. The van der Waals surface area contributed by atoms with E-state index >= 15 is 0 Å². The van der Waals surface area contributed by atoms with Gasteiger partial charge in [0.05, 0.1) is 6.54 Å². The third-order valence-corrected chi connectivity index (χ3v) is 3.77. The zero-order chi connectivity index (χ0) is 14.6. The summed E-state index contributed by atoms with van der Waals surface area (Å²) in [6.07, 6.45) is 5.40. The average molecular weight is 276 g/mol. The number of rotatable bonds is 6. The molecule has 2 heterocycles. The molecule has 1 aliphatic heterocycles. The maximum atomic E-state index is 11.4. The second-order valence-electron chi connectivity index (χ2n) is 5.60. The van der Waals surface area contributed by atoms with Gasteiger partial charge in [-0.25, -0.2) is 0 Å². The van der Waals surface area contributed by atoms with Gasteiger partial charge in [-0.1, -0.05) is 0 Å². The number of nitrogens with zero attached hydrogens (tertiary/aromatic N) is 2. The van der Waals surface area contributed by atoms with Gasteiger partial charge in [-0.2, -0.15) is 0 Å². The first-order chi connectivity index (χ1) is 9.49. The summed E-state index contributed by atoms with van der Waals surface area (Å²) in [6.45, 7) is 1.67. The lowest BCUT2D eigenvalue weighted by atomic mass is 9.78. The van der Waals surface area contributed by atoms with E-state index in [1.807, 2.05) is 17.0 Å². The minimum atomic E-state index is -0.344. The second kappa shape index (κ2) is 6.00. The maximum Gasteiger partial charge on any atom is 0.231 e. The van der Waals surface area contributed by atoms with Gasteiger partial charge < -0.3 is 11.5 Å². The van der Waals surface area contributed by atoms with Crippen LogP contribution in [-0.2, 0) is 16.0 Å². The number of carbonyl (C=O) groups excluding carboxylic acids is 2. The van der Waals surface area contributed by atoms with Gasteiger partial charge in [0.25, 0.3) is 0 Å². The molecule has 2 rings (SSSR count). The molecule has 0 bridgehead atoms. The Morgan fingerprint density at radius 2 is 1.95 bits per heavy atom. The number of nitrogens with two attached hydrogens (primary N) is 2. The molecule has 0 aliphatic carbocycles. The first-order valence-electron chi connectivity index (χ1n) is 6.67. The van der Waals surface area contributed by atoms with Crippen molar-refractivity contribution < 1.29 is 9.59 Å². The minimum absolute atomic E-state index is 0.206. The van der Waals surface area contributed by atoms with E-state index in [-0.39, 0.29) is 23.8 Å². The number of pyridine rings is 1. The smallest absolute Gasteiger partial charge is 0.231 e. The predicted octanol–water partition coefficient (Wildman–Crippen LogP) is -0.323. The van der Waals surface area contributed by atoms with Crippen molar-refractivity contribution in [3.8, 4) is 0 Å². The predicted molar refractivity (Wildman–Crippen MR) is 74.4 cm³/mol. The van der Waals surface area contributed by atoms with Crippen LogP contribution in [0.1, 0.15) is 18.4 Å². The Balaban J connectivity index is 2.11. The molecule has 1 aromatic heterocycles. The van der Waals surface area contributed by atoms with Crippen LogP contribution in [0, 0.1) is 5.41 Å². The van der Waals surface area contributed by atoms with Crippen LogP contribution in [0.3, 0.4) is 0 Å². The van der Waals surface area contributed by atoms with E-state index in [9.17, 15) is 9.59 Å². The highest BCUT2D eigenvalue weighted by Gasteiger charge is 2.39. The third kappa shape index (κ3) is 3.77. The molecule has 1 saturated heterocycles. The topological polar surface area (TPSA) is 102 Å². The van der Waals surface area contributed by atoms with Crippen LogP contribution in [0.2, 0.25) is 0 Å². The molecule has 1 aliphatic rings. The van der Waals surface area contributed by atoms with Crippen molar-refractivity contribution in [1.82, 2.24) is 9.88 Å².